The summed E-state index contributed by atoms with van der Waals surface area (Å²) in [4.78, 5) is 15.9. The van der Waals surface area contributed by atoms with Crippen LogP contribution in [0, 0.1) is 0 Å². The minimum absolute atomic E-state index is 0. The molecule has 0 bridgehead atoms. The molecule has 0 saturated heterocycles. The van der Waals surface area contributed by atoms with Crippen molar-refractivity contribution in [2.24, 2.45) is 10.7 Å². The lowest BCUT2D eigenvalue weighted by molar-refractivity contribution is -0.114. The number of hydrogen-bond acceptors (Lipinski definition) is 2. The van der Waals surface area contributed by atoms with Crippen LogP contribution in [0.5, 0.6) is 0 Å². The molecule has 0 aliphatic heterocycles. The molecule has 0 aliphatic carbocycles. The Labute approximate surface area is 174 Å². The SMILES string of the molecule is CC(NC(N)=NCC(=O)Nc1ccccc1)c1ccc(Cl)cc1Cl.I. The molecule has 1 amide bonds. The highest BCUT2D eigenvalue weighted by Crippen LogP contribution is 2.25. The van der Waals surface area contributed by atoms with Gasteiger partial charge in [-0.2, -0.15) is 0 Å². The molecule has 0 aliphatic rings. The zero-order valence-corrected chi connectivity index (χ0v) is 17.3. The predicted octanol–water partition coefficient (Wildman–Crippen LogP) is 4.22. The molecule has 4 N–H and O–H groups in total. The van der Waals surface area contributed by atoms with Gasteiger partial charge in [0.2, 0.25) is 5.91 Å². The molecule has 2 rings (SSSR count). The maximum Gasteiger partial charge on any atom is 0.246 e. The van der Waals surface area contributed by atoms with E-state index in [1.54, 1.807) is 24.3 Å². The van der Waals surface area contributed by atoms with E-state index in [9.17, 15) is 4.79 Å². The largest absolute Gasteiger partial charge is 0.370 e. The van der Waals surface area contributed by atoms with E-state index in [0.717, 1.165) is 5.56 Å². The first kappa shape index (κ1) is 21.5. The van der Waals surface area contributed by atoms with E-state index in [1.807, 2.05) is 31.2 Å². The minimum Gasteiger partial charge on any atom is -0.370 e. The molecule has 0 radical (unpaired) electrons. The summed E-state index contributed by atoms with van der Waals surface area (Å²) >= 11 is 12.0. The number of nitrogens with two attached hydrogens (primary N) is 1. The molecule has 2 aromatic carbocycles. The summed E-state index contributed by atoms with van der Waals surface area (Å²) < 4.78 is 0. The topological polar surface area (TPSA) is 79.5 Å². The van der Waals surface area contributed by atoms with Gasteiger partial charge < -0.3 is 16.4 Å². The molecular weight excluding hydrogens is 474 g/mol. The van der Waals surface area contributed by atoms with Crippen LogP contribution in [0.2, 0.25) is 10.0 Å². The summed E-state index contributed by atoms with van der Waals surface area (Å²) in [6.07, 6.45) is 0. The Morgan fingerprint density at radius 2 is 1.88 bits per heavy atom. The standard InChI is InChI=1S/C17H18Cl2N4O.HI/c1-11(14-8-7-12(18)9-15(14)19)22-17(20)21-10-16(24)23-13-5-3-2-4-6-13;/h2-9,11H,10H2,1H3,(H,23,24)(H3,20,21,22);1H. The number of para-hydroxylation sites is 1. The maximum absolute atomic E-state index is 11.8. The third-order valence-electron chi connectivity index (χ3n) is 3.24. The highest BCUT2D eigenvalue weighted by Gasteiger charge is 2.11. The van der Waals surface area contributed by atoms with Crippen LogP contribution in [0.25, 0.3) is 0 Å². The number of carbonyl (C=O) groups excluding carboxylic acids is 1. The second kappa shape index (κ2) is 10.5. The average molecular weight is 493 g/mol. The molecule has 1 unspecified atom stereocenters. The first-order valence-corrected chi connectivity index (χ1v) is 8.07. The molecule has 134 valence electrons. The Kier molecular flexibility index (Phi) is 9.02. The summed E-state index contributed by atoms with van der Waals surface area (Å²) in [5.41, 5.74) is 7.38. The van der Waals surface area contributed by atoms with Gasteiger partial charge in [-0.15, -0.1) is 24.0 Å². The van der Waals surface area contributed by atoms with Gasteiger partial charge in [-0.1, -0.05) is 47.5 Å². The van der Waals surface area contributed by atoms with Crippen molar-refractivity contribution in [1.82, 2.24) is 5.32 Å². The highest BCUT2D eigenvalue weighted by molar-refractivity contribution is 14.0. The van der Waals surface area contributed by atoms with Crippen molar-refractivity contribution in [2.45, 2.75) is 13.0 Å². The van der Waals surface area contributed by atoms with Crippen LogP contribution in [-0.2, 0) is 4.79 Å². The fraction of sp³-hybridized carbons (Fsp3) is 0.176. The Bertz CT molecular complexity index is 741. The number of rotatable bonds is 5. The Morgan fingerprint density at radius 1 is 1.20 bits per heavy atom. The third kappa shape index (κ3) is 7.09. The smallest absolute Gasteiger partial charge is 0.246 e. The van der Waals surface area contributed by atoms with Gasteiger partial charge in [0.25, 0.3) is 0 Å². The number of aliphatic imine (C=N–C) groups is 1. The molecule has 5 nitrogen and oxygen atoms in total. The molecule has 0 aromatic heterocycles. The number of guanidine groups is 1. The highest BCUT2D eigenvalue weighted by atomic mass is 127. The summed E-state index contributed by atoms with van der Waals surface area (Å²) in [5, 5.41) is 6.83. The lowest BCUT2D eigenvalue weighted by Crippen LogP contribution is -2.34. The van der Waals surface area contributed by atoms with Crippen molar-refractivity contribution in [2.75, 3.05) is 11.9 Å². The molecule has 2 aromatic rings. The van der Waals surface area contributed by atoms with Crippen molar-refractivity contribution in [3.8, 4) is 0 Å². The lowest BCUT2D eigenvalue weighted by atomic mass is 10.1. The summed E-state index contributed by atoms with van der Waals surface area (Å²) in [7, 11) is 0. The number of carbonyl (C=O) groups is 1. The van der Waals surface area contributed by atoms with E-state index < -0.39 is 0 Å². The van der Waals surface area contributed by atoms with Crippen molar-refractivity contribution >= 4 is 64.7 Å². The fourth-order valence-electron chi connectivity index (χ4n) is 2.08. The van der Waals surface area contributed by atoms with Crippen LogP contribution < -0.4 is 16.4 Å². The number of anilines is 1. The molecular formula is C17H19Cl2IN4O. The van der Waals surface area contributed by atoms with E-state index in [-0.39, 0.29) is 48.4 Å². The number of halogens is 3. The molecule has 0 heterocycles. The van der Waals surface area contributed by atoms with Crippen LogP contribution in [0.15, 0.2) is 53.5 Å². The Balaban J connectivity index is 0.00000312. The van der Waals surface area contributed by atoms with Crippen molar-refractivity contribution in [1.29, 1.82) is 0 Å². The van der Waals surface area contributed by atoms with Gasteiger partial charge in [0.15, 0.2) is 5.96 Å². The van der Waals surface area contributed by atoms with Crippen LogP contribution >= 0.6 is 47.2 Å². The normalized spacial score (nSPS) is 12.0. The van der Waals surface area contributed by atoms with Gasteiger partial charge in [-0.3, -0.25) is 4.79 Å². The molecule has 0 saturated carbocycles. The number of nitrogens with zero attached hydrogens (tertiary/aromatic N) is 1. The molecule has 25 heavy (non-hydrogen) atoms. The van der Waals surface area contributed by atoms with Gasteiger partial charge >= 0.3 is 0 Å². The van der Waals surface area contributed by atoms with Crippen molar-refractivity contribution in [3.63, 3.8) is 0 Å². The summed E-state index contributed by atoms with van der Waals surface area (Å²) in [6.45, 7) is 1.82. The van der Waals surface area contributed by atoms with Gasteiger partial charge in [-0.25, -0.2) is 4.99 Å². The van der Waals surface area contributed by atoms with Crippen molar-refractivity contribution in [3.05, 3.63) is 64.1 Å². The Morgan fingerprint density at radius 3 is 2.52 bits per heavy atom. The first-order chi connectivity index (χ1) is 11.5. The zero-order chi connectivity index (χ0) is 17.5. The van der Waals surface area contributed by atoms with E-state index >= 15 is 0 Å². The van der Waals surface area contributed by atoms with Gasteiger partial charge in [-0.05, 0) is 36.8 Å². The van der Waals surface area contributed by atoms with Gasteiger partial charge in [0.1, 0.15) is 6.54 Å². The van der Waals surface area contributed by atoms with Crippen molar-refractivity contribution < 1.29 is 4.79 Å². The number of hydrogen-bond donors (Lipinski definition) is 3. The monoisotopic (exact) mass is 492 g/mol. The number of benzene rings is 2. The summed E-state index contributed by atoms with van der Waals surface area (Å²) in [5.74, 6) is -0.0835. The predicted molar refractivity (Wildman–Crippen MR) is 115 cm³/mol. The van der Waals surface area contributed by atoms with E-state index in [4.69, 9.17) is 28.9 Å². The third-order valence-corrected chi connectivity index (χ3v) is 3.81. The average Bonchev–Trinajstić information content (AvgIpc) is 2.53. The van der Waals surface area contributed by atoms with Crippen LogP contribution in [-0.4, -0.2) is 18.4 Å². The molecule has 0 fully saturated rings. The van der Waals surface area contributed by atoms with E-state index in [1.165, 1.54) is 0 Å². The van der Waals surface area contributed by atoms with E-state index in [2.05, 4.69) is 15.6 Å². The maximum atomic E-state index is 11.8. The lowest BCUT2D eigenvalue weighted by Gasteiger charge is -2.16. The quantitative estimate of drug-likeness (QED) is 0.332. The molecule has 0 spiro atoms. The summed E-state index contributed by atoms with van der Waals surface area (Å²) in [6, 6.07) is 14.2. The Hall–Kier alpha value is -1.51. The second-order valence-electron chi connectivity index (χ2n) is 5.15. The van der Waals surface area contributed by atoms with Gasteiger partial charge in [0, 0.05) is 15.7 Å². The van der Waals surface area contributed by atoms with Crippen LogP contribution in [0.4, 0.5) is 5.69 Å². The minimum atomic E-state index is -0.247. The molecule has 1 atom stereocenters. The van der Waals surface area contributed by atoms with Crippen LogP contribution in [0.3, 0.4) is 0 Å². The number of amides is 1. The fourth-order valence-corrected chi connectivity index (χ4v) is 2.65. The van der Waals surface area contributed by atoms with Crippen LogP contribution in [0.1, 0.15) is 18.5 Å². The second-order valence-corrected chi connectivity index (χ2v) is 5.99. The number of nitrogens with one attached hydrogen (secondary N) is 2. The molecule has 8 heteroatoms. The zero-order valence-electron chi connectivity index (χ0n) is 13.5. The van der Waals surface area contributed by atoms with Gasteiger partial charge in [0.05, 0.1) is 6.04 Å². The van der Waals surface area contributed by atoms with E-state index in [0.29, 0.717) is 15.7 Å². The first-order valence-electron chi connectivity index (χ1n) is 7.32.